The van der Waals surface area contributed by atoms with E-state index in [1.165, 1.54) is 6.92 Å². The zero-order valence-corrected chi connectivity index (χ0v) is 44.0. The van der Waals surface area contributed by atoms with Crippen molar-refractivity contribution < 1.29 is 38.4 Å². The maximum absolute atomic E-state index is 15.3. The number of hydrogen-bond acceptors (Lipinski definition) is 11. The minimum Gasteiger partial charge on any atom is -0.370 e. The minimum atomic E-state index is -1.59. The molecule has 8 amide bonds. The van der Waals surface area contributed by atoms with Crippen molar-refractivity contribution in [2.45, 2.75) is 132 Å². The van der Waals surface area contributed by atoms with Crippen LogP contribution in [0.15, 0.2) is 96.1 Å². The highest BCUT2D eigenvalue weighted by atomic mass is 33.1. The van der Waals surface area contributed by atoms with Crippen LogP contribution in [0.25, 0.3) is 10.9 Å². The average molecular weight is 1070 g/mol. The van der Waals surface area contributed by atoms with Gasteiger partial charge in [0.1, 0.15) is 41.8 Å². The van der Waals surface area contributed by atoms with Crippen LogP contribution in [-0.4, -0.2) is 118 Å². The summed E-state index contributed by atoms with van der Waals surface area (Å²) in [5.74, 6) is -5.78. The Morgan fingerprint density at radius 2 is 1.37 bits per heavy atom. The molecular weight excluding hydrogens is 997 g/mol. The second-order valence-electron chi connectivity index (χ2n) is 19.1. The van der Waals surface area contributed by atoms with Crippen LogP contribution >= 0.6 is 21.6 Å². The van der Waals surface area contributed by atoms with Gasteiger partial charge < -0.3 is 59.4 Å². The molecule has 75 heavy (non-hydrogen) atoms. The summed E-state index contributed by atoms with van der Waals surface area (Å²) in [6.45, 7) is 3.34. The highest BCUT2D eigenvalue weighted by molar-refractivity contribution is 8.76. The predicted octanol–water partition coefficient (Wildman–Crippen LogP) is 2.22. The third-order valence-corrected chi connectivity index (χ3v) is 15.9. The molecule has 1 saturated heterocycles. The van der Waals surface area contributed by atoms with Gasteiger partial charge in [-0.3, -0.25) is 43.3 Å². The number of nitrogens with two attached hydrogens (primary N) is 3. The van der Waals surface area contributed by atoms with Crippen molar-refractivity contribution >= 4 is 85.7 Å². The summed E-state index contributed by atoms with van der Waals surface area (Å²) >= 11 is 0. The number of aromatic amines is 1. The summed E-state index contributed by atoms with van der Waals surface area (Å²) in [4.78, 5) is 121. The minimum absolute atomic E-state index is 0.00519. The number of amides is 8. The Bertz CT molecular complexity index is 2640. The molecule has 14 N–H and O–H groups in total. The number of carbonyl (C=O) groups is 8. The highest BCUT2D eigenvalue weighted by Crippen LogP contribution is 2.39. The number of aromatic nitrogens is 1. The first kappa shape index (κ1) is 57.2. The molecule has 6 atom stereocenters. The van der Waals surface area contributed by atoms with E-state index in [9.17, 15) is 33.6 Å². The molecule has 0 bridgehead atoms. The van der Waals surface area contributed by atoms with Gasteiger partial charge in [-0.25, -0.2) is 0 Å². The summed E-state index contributed by atoms with van der Waals surface area (Å²) in [5.41, 5.74) is 18.7. The van der Waals surface area contributed by atoms with Crippen LogP contribution in [0.5, 0.6) is 0 Å². The number of carbonyl (C=O) groups excluding carboxylic acids is 8. The molecule has 2 aliphatic rings. The lowest BCUT2D eigenvalue weighted by Gasteiger charge is -2.41. The molecule has 4 aromatic rings. The molecule has 1 spiro atoms. The van der Waals surface area contributed by atoms with E-state index in [0.717, 1.165) is 44.5 Å². The average Bonchev–Trinajstić information content (AvgIpc) is 3.80. The van der Waals surface area contributed by atoms with E-state index in [1.54, 1.807) is 30.5 Å². The molecular formula is C53H70N12O8S2. The third kappa shape index (κ3) is 16.7. The highest BCUT2D eigenvalue weighted by Gasteiger charge is 2.46. The number of H-pyrrole nitrogens is 1. The van der Waals surface area contributed by atoms with Crippen LogP contribution in [0.2, 0.25) is 0 Å². The molecule has 3 aromatic carbocycles. The number of primary amides is 1. The van der Waals surface area contributed by atoms with Crippen molar-refractivity contribution in [1.29, 1.82) is 0 Å². The number of fused-ring (bicyclic) bond motifs is 1. The fraction of sp³-hybridized carbons (Fsp3) is 0.453. The lowest BCUT2D eigenvalue weighted by Crippen LogP contribution is -2.66. The number of unbranched alkanes of at least 4 members (excludes halogenated alkanes) is 1. The van der Waals surface area contributed by atoms with Crippen molar-refractivity contribution in [3.8, 4) is 0 Å². The quantitative estimate of drug-likeness (QED) is 0.0333. The lowest BCUT2D eigenvalue weighted by atomic mass is 9.73. The molecule has 1 aromatic heterocycles. The number of aliphatic imine (C=N–C) groups is 1. The SMILES string of the molecule is CCCC[C@H](NC(C)=O)C(=O)N[C@H]1CSSC[C@@H](C(N)=O)NC(=O)[C@H](Cc2c[nH]c3ccccc23)NC(=O)[C@H](CCCN=C(N)N)NC(=O)[C@@H](Cc2ccccc2)NC(=O)C2(CCC(c3ccccc3)CC2)NC1=O. The Hall–Kier alpha value is -7.07. The Labute approximate surface area is 444 Å². The smallest absolute Gasteiger partial charge is 0.246 e. The number of benzene rings is 3. The van der Waals surface area contributed by atoms with Gasteiger partial charge in [0.25, 0.3) is 0 Å². The van der Waals surface area contributed by atoms with Gasteiger partial charge in [-0.2, -0.15) is 0 Å². The Morgan fingerprint density at radius 3 is 2.05 bits per heavy atom. The normalized spacial score (nSPS) is 23.8. The molecule has 6 rings (SSSR count). The van der Waals surface area contributed by atoms with Crippen molar-refractivity contribution in [3.05, 3.63) is 108 Å². The van der Waals surface area contributed by atoms with Crippen LogP contribution in [0, 0.1) is 0 Å². The summed E-state index contributed by atoms with van der Waals surface area (Å²) in [5, 5.41) is 20.7. The van der Waals surface area contributed by atoms with Crippen molar-refractivity contribution in [3.63, 3.8) is 0 Å². The van der Waals surface area contributed by atoms with Crippen LogP contribution in [-0.2, 0) is 51.2 Å². The van der Waals surface area contributed by atoms with Gasteiger partial charge in [-0.15, -0.1) is 0 Å². The zero-order chi connectivity index (χ0) is 53.9. The summed E-state index contributed by atoms with van der Waals surface area (Å²) < 4.78 is 0. The number of guanidine groups is 1. The molecule has 1 saturated carbocycles. The van der Waals surface area contributed by atoms with Gasteiger partial charge in [0.05, 0.1) is 0 Å². The molecule has 402 valence electrons. The fourth-order valence-electron chi connectivity index (χ4n) is 9.38. The fourth-order valence-corrected chi connectivity index (χ4v) is 11.7. The van der Waals surface area contributed by atoms with E-state index < -0.39 is 89.0 Å². The van der Waals surface area contributed by atoms with E-state index in [0.29, 0.717) is 36.8 Å². The maximum Gasteiger partial charge on any atom is 0.246 e. The molecule has 2 fully saturated rings. The first-order valence-electron chi connectivity index (χ1n) is 25.4. The summed E-state index contributed by atoms with van der Waals surface area (Å²) in [7, 11) is 2.23. The Morgan fingerprint density at radius 1 is 0.747 bits per heavy atom. The molecule has 20 nitrogen and oxygen atoms in total. The zero-order valence-electron chi connectivity index (χ0n) is 42.4. The number of hydrogen-bond donors (Lipinski definition) is 11. The van der Waals surface area contributed by atoms with Crippen LogP contribution in [0.4, 0.5) is 0 Å². The Kier molecular flexibility index (Phi) is 21.4. The van der Waals surface area contributed by atoms with E-state index in [-0.39, 0.29) is 68.5 Å². The molecule has 2 heterocycles. The first-order valence-corrected chi connectivity index (χ1v) is 27.9. The molecule has 1 aliphatic heterocycles. The molecule has 22 heteroatoms. The van der Waals surface area contributed by atoms with Gasteiger partial charge in [-0.1, -0.05) is 120 Å². The maximum atomic E-state index is 15.3. The predicted molar refractivity (Wildman–Crippen MR) is 291 cm³/mol. The van der Waals surface area contributed by atoms with E-state index in [2.05, 4.69) is 47.2 Å². The molecule has 1 aliphatic carbocycles. The van der Waals surface area contributed by atoms with Crippen molar-refractivity contribution in [2.24, 2.45) is 22.2 Å². The number of para-hydroxylation sites is 1. The lowest BCUT2D eigenvalue weighted by molar-refractivity contribution is -0.139. The number of rotatable bonds is 16. The van der Waals surface area contributed by atoms with Gasteiger partial charge in [0, 0.05) is 54.9 Å². The molecule has 0 radical (unpaired) electrons. The van der Waals surface area contributed by atoms with Crippen molar-refractivity contribution in [1.82, 2.24) is 42.2 Å². The van der Waals surface area contributed by atoms with Gasteiger partial charge in [0.15, 0.2) is 5.96 Å². The first-order chi connectivity index (χ1) is 36.0. The third-order valence-electron chi connectivity index (χ3n) is 13.5. The van der Waals surface area contributed by atoms with Crippen LogP contribution < -0.4 is 54.4 Å². The summed E-state index contributed by atoms with van der Waals surface area (Å²) in [6, 6.07) is 18.8. The van der Waals surface area contributed by atoms with E-state index >= 15 is 4.79 Å². The number of nitrogens with one attached hydrogen (secondary N) is 8. The second-order valence-corrected chi connectivity index (χ2v) is 21.6. The molecule has 0 unspecified atom stereocenters. The Balaban J connectivity index is 1.41. The second kappa shape index (κ2) is 28.0. The van der Waals surface area contributed by atoms with Crippen molar-refractivity contribution in [2.75, 3.05) is 18.1 Å². The van der Waals surface area contributed by atoms with Crippen LogP contribution in [0.1, 0.15) is 94.2 Å². The van der Waals surface area contributed by atoms with Gasteiger partial charge in [0.2, 0.25) is 47.3 Å². The largest absolute Gasteiger partial charge is 0.370 e. The summed E-state index contributed by atoms with van der Waals surface area (Å²) in [6.07, 6.45) is 4.78. The number of nitrogens with zero attached hydrogens (tertiary/aromatic N) is 1. The topological polar surface area (TPSA) is 327 Å². The standard InChI is InChI=1S/C53H70N12O8S2/c1-3-4-19-39(59-32(2)66)46(68)63-44-31-75-74-30-43(45(54)67)62-49(71)42(28-36-29-58-38-20-12-11-18-37(36)38)61-47(69)40(21-13-26-57-52(55)56)60-48(70)41(27-33-14-7-5-8-15-33)64-51(73)53(65-50(44)72)24-22-35(23-25-53)34-16-9-6-10-17-34/h5-12,14-18,20,29,35,39-44,58H,3-4,13,19,21-28,30-31H2,1-2H3,(H2,54,67)(H,59,66)(H,60,70)(H,61,69)(H,62,71)(H,63,68)(H,64,73)(H,65,72)(H4,55,56,57)/t35?,39-,40-,41+,42-,43-,44-,53?/m0/s1. The van der Waals surface area contributed by atoms with Gasteiger partial charge in [-0.05, 0) is 73.6 Å². The van der Waals surface area contributed by atoms with Crippen LogP contribution in [0.3, 0.4) is 0 Å². The van der Waals surface area contributed by atoms with E-state index in [1.807, 2.05) is 67.6 Å². The monoisotopic (exact) mass is 1070 g/mol. The van der Waals surface area contributed by atoms with Gasteiger partial charge >= 0.3 is 0 Å². The van der Waals surface area contributed by atoms with E-state index in [4.69, 9.17) is 17.2 Å².